The lowest BCUT2D eigenvalue weighted by Gasteiger charge is -2.38. The molecule has 0 spiro atoms. The molecule has 0 aromatic heterocycles. The van der Waals surface area contributed by atoms with E-state index in [1.54, 1.807) is 0 Å². The lowest BCUT2D eigenvalue weighted by molar-refractivity contribution is 0.158. The van der Waals surface area contributed by atoms with E-state index in [1.807, 2.05) is 6.92 Å². The number of rotatable bonds is 5. The molecule has 1 unspecified atom stereocenters. The number of nitrogens with one attached hydrogen (secondary N) is 1. The van der Waals surface area contributed by atoms with Gasteiger partial charge < -0.3 is 0 Å². The average Bonchev–Trinajstić information content (AvgIpc) is 2.26. The molecule has 2 N–H and O–H groups in total. The van der Waals surface area contributed by atoms with Crippen molar-refractivity contribution in [3.8, 4) is 0 Å². The van der Waals surface area contributed by atoms with Gasteiger partial charge in [-0.25, -0.2) is 0 Å². The fourth-order valence-corrected chi connectivity index (χ4v) is 3.87. The van der Waals surface area contributed by atoms with Crippen LogP contribution in [0.25, 0.3) is 0 Å². The van der Waals surface area contributed by atoms with Crippen LogP contribution in [0.15, 0.2) is 0 Å². The predicted octanol–water partition coefficient (Wildman–Crippen LogP) is 3.19. The van der Waals surface area contributed by atoms with Crippen molar-refractivity contribution < 1.29 is 13.0 Å². The minimum atomic E-state index is -3.98. The monoisotopic (exact) mass is 291 g/mol. The van der Waals surface area contributed by atoms with Crippen LogP contribution in [-0.2, 0) is 10.1 Å². The molecule has 1 aliphatic carbocycles. The highest BCUT2D eigenvalue weighted by Crippen LogP contribution is 2.37. The van der Waals surface area contributed by atoms with E-state index in [4.69, 9.17) is 0 Å². The Morgan fingerprint density at radius 1 is 1.21 bits per heavy atom. The van der Waals surface area contributed by atoms with Gasteiger partial charge in [0.15, 0.2) is 0 Å². The van der Waals surface area contributed by atoms with Gasteiger partial charge in [-0.3, -0.25) is 9.87 Å². The minimum Gasteiger partial charge on any atom is -0.296 e. The zero-order valence-electron chi connectivity index (χ0n) is 12.6. The first-order chi connectivity index (χ1) is 8.64. The molecule has 4 nitrogen and oxygen atoms in total. The second-order valence-corrected chi connectivity index (χ2v) is 8.47. The fraction of sp³-hybridized carbons (Fsp3) is 1.00. The molecule has 0 aromatic rings. The average molecular weight is 291 g/mol. The third kappa shape index (κ3) is 5.40. The van der Waals surface area contributed by atoms with E-state index >= 15 is 0 Å². The van der Waals surface area contributed by atoms with Crippen LogP contribution in [0.3, 0.4) is 0 Å². The molecule has 0 aromatic carbocycles. The highest BCUT2D eigenvalue weighted by atomic mass is 32.2. The summed E-state index contributed by atoms with van der Waals surface area (Å²) in [7, 11) is -3.98. The molecular weight excluding hydrogens is 262 g/mol. The van der Waals surface area contributed by atoms with Crippen LogP contribution in [0, 0.1) is 11.3 Å². The zero-order chi connectivity index (χ0) is 14.7. The summed E-state index contributed by atoms with van der Waals surface area (Å²) >= 11 is 0. The zero-order valence-corrected chi connectivity index (χ0v) is 13.5. The van der Waals surface area contributed by atoms with Crippen LogP contribution in [0.5, 0.6) is 0 Å². The van der Waals surface area contributed by atoms with Crippen LogP contribution >= 0.6 is 0 Å². The van der Waals surface area contributed by atoms with Crippen LogP contribution in [0.2, 0.25) is 0 Å². The Balaban J connectivity index is 2.52. The minimum absolute atomic E-state index is 0.220. The van der Waals surface area contributed by atoms with Crippen molar-refractivity contribution in [2.75, 3.05) is 0 Å². The summed E-state index contributed by atoms with van der Waals surface area (Å²) in [5, 5.41) is 2.33. The second-order valence-electron chi connectivity index (χ2n) is 6.87. The summed E-state index contributed by atoms with van der Waals surface area (Å²) in [6, 6.07) is 0.220. The largest absolute Gasteiger partial charge is 0.296 e. The molecule has 1 aliphatic rings. The Kier molecular flexibility index (Phi) is 5.83. The Labute approximate surface area is 118 Å². The standard InChI is InChI=1S/C14H29NO3S/c1-5-6-13(19(16,17)18)15-12-9-7-11(8-10-12)14(2,3)4/h11-13,15H,5-10H2,1-4H3,(H,16,17,18). The summed E-state index contributed by atoms with van der Waals surface area (Å²) in [4.78, 5) is 0. The molecule has 1 rings (SSSR count). The number of hydrogen-bond donors (Lipinski definition) is 2. The maximum absolute atomic E-state index is 11.3. The van der Waals surface area contributed by atoms with Gasteiger partial charge in [0.2, 0.25) is 0 Å². The van der Waals surface area contributed by atoms with Gasteiger partial charge in [-0.1, -0.05) is 34.1 Å². The van der Waals surface area contributed by atoms with Crippen molar-refractivity contribution in [2.24, 2.45) is 11.3 Å². The third-order valence-corrected chi connectivity index (χ3v) is 5.37. The van der Waals surface area contributed by atoms with Crippen LogP contribution in [-0.4, -0.2) is 24.4 Å². The molecule has 1 fully saturated rings. The van der Waals surface area contributed by atoms with Gasteiger partial charge >= 0.3 is 0 Å². The van der Waals surface area contributed by atoms with E-state index in [0.29, 0.717) is 17.8 Å². The van der Waals surface area contributed by atoms with Gasteiger partial charge in [-0.2, -0.15) is 8.42 Å². The molecule has 0 aliphatic heterocycles. The Bertz CT molecular complexity index is 365. The topological polar surface area (TPSA) is 66.4 Å². The molecule has 0 heterocycles. The SMILES string of the molecule is CCCC(NC1CCC(C(C)(C)C)CC1)S(=O)(=O)O. The third-order valence-electron chi connectivity index (χ3n) is 4.28. The summed E-state index contributed by atoms with van der Waals surface area (Å²) in [6.45, 7) is 8.73. The summed E-state index contributed by atoms with van der Waals surface area (Å²) in [5.74, 6) is 0.709. The first-order valence-electron chi connectivity index (χ1n) is 7.37. The number of hydrogen-bond acceptors (Lipinski definition) is 3. The van der Waals surface area contributed by atoms with Gasteiger partial charge in [-0.15, -0.1) is 0 Å². The maximum atomic E-state index is 11.3. The molecule has 0 radical (unpaired) electrons. The first-order valence-corrected chi connectivity index (χ1v) is 8.87. The summed E-state index contributed by atoms with van der Waals surface area (Å²) < 4.78 is 31.9. The van der Waals surface area contributed by atoms with Gasteiger partial charge in [0.1, 0.15) is 5.37 Å². The first kappa shape index (κ1) is 16.9. The van der Waals surface area contributed by atoms with Crippen LogP contribution in [0.1, 0.15) is 66.2 Å². The molecular formula is C14H29NO3S. The van der Waals surface area contributed by atoms with Crippen molar-refractivity contribution in [2.45, 2.75) is 77.6 Å². The van der Waals surface area contributed by atoms with Gasteiger partial charge in [0, 0.05) is 6.04 Å². The molecule has 0 saturated heterocycles. The highest BCUT2D eigenvalue weighted by molar-refractivity contribution is 7.86. The second kappa shape index (κ2) is 6.55. The smallest absolute Gasteiger partial charge is 0.281 e. The molecule has 0 bridgehead atoms. The van der Waals surface area contributed by atoms with E-state index in [0.717, 1.165) is 32.1 Å². The molecule has 114 valence electrons. The predicted molar refractivity (Wildman–Crippen MR) is 78.6 cm³/mol. The van der Waals surface area contributed by atoms with Gasteiger partial charge in [-0.05, 0) is 43.4 Å². The van der Waals surface area contributed by atoms with Gasteiger partial charge in [0.25, 0.3) is 10.1 Å². The maximum Gasteiger partial charge on any atom is 0.281 e. The van der Waals surface area contributed by atoms with E-state index in [1.165, 1.54) is 0 Å². The van der Waals surface area contributed by atoms with Crippen molar-refractivity contribution in [3.05, 3.63) is 0 Å². The van der Waals surface area contributed by atoms with E-state index in [-0.39, 0.29) is 6.04 Å². The van der Waals surface area contributed by atoms with Crippen molar-refractivity contribution >= 4 is 10.1 Å². The van der Waals surface area contributed by atoms with Crippen molar-refractivity contribution in [3.63, 3.8) is 0 Å². The Hall–Kier alpha value is -0.130. The van der Waals surface area contributed by atoms with Crippen molar-refractivity contribution in [1.82, 2.24) is 5.32 Å². The van der Waals surface area contributed by atoms with Gasteiger partial charge in [0.05, 0.1) is 0 Å². The van der Waals surface area contributed by atoms with Crippen LogP contribution in [0.4, 0.5) is 0 Å². The molecule has 1 atom stereocenters. The van der Waals surface area contributed by atoms with E-state index in [9.17, 15) is 13.0 Å². The van der Waals surface area contributed by atoms with Crippen molar-refractivity contribution in [1.29, 1.82) is 0 Å². The molecule has 19 heavy (non-hydrogen) atoms. The molecule has 0 amide bonds. The lowest BCUT2D eigenvalue weighted by atomic mass is 9.71. The quantitative estimate of drug-likeness (QED) is 0.763. The summed E-state index contributed by atoms with van der Waals surface area (Å²) in [5.41, 5.74) is 0.330. The van der Waals surface area contributed by atoms with E-state index in [2.05, 4.69) is 26.1 Å². The highest BCUT2D eigenvalue weighted by Gasteiger charge is 2.32. The summed E-state index contributed by atoms with van der Waals surface area (Å²) in [6.07, 6.45) is 5.47. The fourth-order valence-electron chi connectivity index (χ4n) is 2.97. The van der Waals surface area contributed by atoms with Crippen LogP contribution < -0.4 is 5.32 Å². The lowest BCUT2D eigenvalue weighted by Crippen LogP contribution is -2.45. The normalized spacial score (nSPS) is 27.2. The molecule has 5 heteroatoms. The molecule has 1 saturated carbocycles. The Morgan fingerprint density at radius 2 is 1.74 bits per heavy atom. The Morgan fingerprint density at radius 3 is 2.11 bits per heavy atom. The van der Waals surface area contributed by atoms with E-state index < -0.39 is 15.5 Å².